The van der Waals surface area contributed by atoms with Crippen molar-refractivity contribution >= 4 is 5.91 Å². The third kappa shape index (κ3) is 6.26. The molecule has 5 nitrogen and oxygen atoms in total. The van der Waals surface area contributed by atoms with E-state index in [0.29, 0.717) is 17.9 Å². The molecular formula is C24H40N4O. The van der Waals surface area contributed by atoms with Gasteiger partial charge in [-0.1, -0.05) is 33.8 Å². The van der Waals surface area contributed by atoms with E-state index in [1.165, 1.54) is 18.4 Å². The topological polar surface area (TPSA) is 48.5 Å². The molecule has 29 heavy (non-hydrogen) atoms. The minimum Gasteiger partial charge on any atom is -0.353 e. The minimum atomic E-state index is 0.150. The van der Waals surface area contributed by atoms with Gasteiger partial charge >= 0.3 is 0 Å². The second-order valence-corrected chi connectivity index (χ2v) is 9.73. The number of carbonyl (C=O) groups is 1. The van der Waals surface area contributed by atoms with Crippen LogP contribution in [0.3, 0.4) is 0 Å². The van der Waals surface area contributed by atoms with E-state index in [1.54, 1.807) is 0 Å². The second kappa shape index (κ2) is 10.5. The molecule has 0 saturated carbocycles. The van der Waals surface area contributed by atoms with E-state index in [2.05, 4.69) is 53.9 Å². The van der Waals surface area contributed by atoms with Crippen LogP contribution < -0.4 is 5.32 Å². The van der Waals surface area contributed by atoms with Crippen LogP contribution in [0.25, 0.3) is 0 Å². The van der Waals surface area contributed by atoms with Crippen LogP contribution in [0.1, 0.15) is 58.9 Å². The van der Waals surface area contributed by atoms with Crippen molar-refractivity contribution in [1.82, 2.24) is 20.1 Å². The van der Waals surface area contributed by atoms with Crippen molar-refractivity contribution in [3.8, 4) is 0 Å². The van der Waals surface area contributed by atoms with Crippen molar-refractivity contribution in [1.29, 1.82) is 0 Å². The van der Waals surface area contributed by atoms with Crippen LogP contribution in [-0.4, -0.2) is 59.0 Å². The molecule has 0 aliphatic carbocycles. The summed E-state index contributed by atoms with van der Waals surface area (Å²) in [5, 5.41) is 3.36. The summed E-state index contributed by atoms with van der Waals surface area (Å²) < 4.78 is 0. The predicted octanol–water partition coefficient (Wildman–Crippen LogP) is 3.55. The zero-order chi connectivity index (χ0) is 20.8. The highest BCUT2D eigenvalue weighted by Gasteiger charge is 2.33. The van der Waals surface area contributed by atoms with Crippen molar-refractivity contribution in [2.24, 2.45) is 17.8 Å². The highest BCUT2D eigenvalue weighted by atomic mass is 16.2. The van der Waals surface area contributed by atoms with Gasteiger partial charge in [0.15, 0.2) is 0 Å². The van der Waals surface area contributed by atoms with Gasteiger partial charge in [0, 0.05) is 37.6 Å². The van der Waals surface area contributed by atoms with Gasteiger partial charge in [0.05, 0.1) is 5.92 Å². The molecule has 1 aromatic heterocycles. The number of rotatable bonds is 7. The van der Waals surface area contributed by atoms with Crippen LogP contribution in [-0.2, 0) is 11.3 Å². The van der Waals surface area contributed by atoms with E-state index < -0.39 is 0 Å². The number of amides is 1. The van der Waals surface area contributed by atoms with E-state index in [0.717, 1.165) is 45.6 Å². The Bertz CT molecular complexity index is 617. The van der Waals surface area contributed by atoms with Gasteiger partial charge < -0.3 is 5.32 Å². The number of nitrogens with one attached hydrogen (secondary N) is 1. The first kappa shape index (κ1) is 22.2. The Morgan fingerprint density at radius 1 is 1.14 bits per heavy atom. The van der Waals surface area contributed by atoms with Crippen LogP contribution >= 0.6 is 0 Å². The van der Waals surface area contributed by atoms with E-state index in [4.69, 9.17) is 0 Å². The highest BCUT2D eigenvalue weighted by Crippen LogP contribution is 2.25. The molecule has 3 heterocycles. The van der Waals surface area contributed by atoms with E-state index >= 15 is 0 Å². The largest absolute Gasteiger partial charge is 0.353 e. The Morgan fingerprint density at radius 3 is 2.48 bits per heavy atom. The van der Waals surface area contributed by atoms with Gasteiger partial charge in [0.1, 0.15) is 0 Å². The third-order valence-corrected chi connectivity index (χ3v) is 6.77. The highest BCUT2D eigenvalue weighted by molar-refractivity contribution is 5.79. The summed E-state index contributed by atoms with van der Waals surface area (Å²) in [5.41, 5.74) is 1.30. The molecule has 5 heteroatoms. The van der Waals surface area contributed by atoms with Crippen molar-refractivity contribution in [2.45, 2.75) is 72.0 Å². The molecule has 2 saturated heterocycles. The molecule has 2 aliphatic heterocycles. The van der Waals surface area contributed by atoms with Crippen LogP contribution in [0.5, 0.6) is 0 Å². The number of hydrogen-bond acceptors (Lipinski definition) is 4. The first-order valence-electron chi connectivity index (χ1n) is 11.6. The standard InChI is InChI=1S/C24H40N4O/c1-18(2)23(19(3)4)26-24(29)21-8-6-12-28(17-21)22-9-13-27(14-10-22)16-20-7-5-11-25-15-20/h5,7,11,15,18-19,21-23H,6,8-10,12-14,16-17H2,1-4H3,(H,26,29). The lowest BCUT2D eigenvalue weighted by atomic mass is 9.90. The summed E-state index contributed by atoms with van der Waals surface area (Å²) in [7, 11) is 0. The van der Waals surface area contributed by atoms with Gasteiger partial charge in [-0.2, -0.15) is 0 Å². The van der Waals surface area contributed by atoms with Crippen molar-refractivity contribution in [2.75, 3.05) is 26.2 Å². The molecule has 0 aromatic carbocycles. The number of carbonyl (C=O) groups excluding carboxylic acids is 1. The number of likely N-dealkylation sites (tertiary alicyclic amines) is 2. The normalized spacial score (nSPS) is 22.5. The Kier molecular flexibility index (Phi) is 8.07. The summed E-state index contributed by atoms with van der Waals surface area (Å²) >= 11 is 0. The lowest BCUT2D eigenvalue weighted by Crippen LogP contribution is -2.52. The molecule has 2 aliphatic rings. The molecule has 0 radical (unpaired) electrons. The average molecular weight is 401 g/mol. The lowest BCUT2D eigenvalue weighted by Gasteiger charge is -2.42. The van der Waals surface area contributed by atoms with Gasteiger partial charge in [-0.25, -0.2) is 0 Å². The minimum absolute atomic E-state index is 0.150. The maximum Gasteiger partial charge on any atom is 0.224 e. The maximum absolute atomic E-state index is 12.9. The van der Waals surface area contributed by atoms with Crippen LogP contribution in [0.15, 0.2) is 24.5 Å². The molecule has 0 bridgehead atoms. The van der Waals surface area contributed by atoms with Crippen LogP contribution in [0.2, 0.25) is 0 Å². The molecular weight excluding hydrogens is 360 g/mol. The first-order chi connectivity index (χ1) is 13.9. The van der Waals surface area contributed by atoms with E-state index in [9.17, 15) is 4.79 Å². The van der Waals surface area contributed by atoms with Crippen molar-refractivity contribution in [3.63, 3.8) is 0 Å². The number of aromatic nitrogens is 1. The number of pyridine rings is 1. The zero-order valence-electron chi connectivity index (χ0n) is 18.8. The molecule has 2 fully saturated rings. The van der Waals surface area contributed by atoms with Gasteiger partial charge in [-0.15, -0.1) is 0 Å². The summed E-state index contributed by atoms with van der Waals surface area (Å²) in [5.74, 6) is 1.37. The van der Waals surface area contributed by atoms with Gasteiger partial charge in [-0.3, -0.25) is 19.6 Å². The van der Waals surface area contributed by atoms with Gasteiger partial charge in [0.25, 0.3) is 0 Å². The van der Waals surface area contributed by atoms with Gasteiger partial charge in [-0.05, 0) is 68.8 Å². The Hall–Kier alpha value is -1.46. The first-order valence-corrected chi connectivity index (χ1v) is 11.6. The molecule has 1 unspecified atom stereocenters. The number of hydrogen-bond donors (Lipinski definition) is 1. The quantitative estimate of drug-likeness (QED) is 0.760. The second-order valence-electron chi connectivity index (χ2n) is 9.73. The van der Waals surface area contributed by atoms with E-state index in [1.807, 2.05) is 18.5 Å². The molecule has 1 aromatic rings. The SMILES string of the molecule is CC(C)C(NC(=O)C1CCCN(C2CCN(Cc3cccnc3)CC2)C1)C(C)C. The fourth-order valence-corrected chi connectivity index (χ4v) is 5.13. The molecule has 0 spiro atoms. The molecule has 1 amide bonds. The zero-order valence-corrected chi connectivity index (χ0v) is 18.8. The Labute approximate surface area is 177 Å². The fraction of sp³-hybridized carbons (Fsp3) is 0.750. The fourth-order valence-electron chi connectivity index (χ4n) is 5.13. The van der Waals surface area contributed by atoms with Crippen molar-refractivity contribution < 1.29 is 4.79 Å². The molecule has 1 N–H and O–H groups in total. The smallest absolute Gasteiger partial charge is 0.224 e. The predicted molar refractivity (Wildman–Crippen MR) is 118 cm³/mol. The lowest BCUT2D eigenvalue weighted by molar-refractivity contribution is -0.128. The summed E-state index contributed by atoms with van der Waals surface area (Å²) in [4.78, 5) is 22.3. The molecule has 162 valence electrons. The van der Waals surface area contributed by atoms with Crippen LogP contribution in [0, 0.1) is 17.8 Å². The number of nitrogens with zero attached hydrogens (tertiary/aromatic N) is 3. The summed E-state index contributed by atoms with van der Waals surface area (Å²) in [6.45, 7) is 14.2. The maximum atomic E-state index is 12.9. The third-order valence-electron chi connectivity index (χ3n) is 6.77. The summed E-state index contributed by atoms with van der Waals surface area (Å²) in [6, 6.07) is 5.08. The Morgan fingerprint density at radius 2 is 1.86 bits per heavy atom. The summed E-state index contributed by atoms with van der Waals surface area (Å²) in [6.07, 6.45) is 8.39. The average Bonchev–Trinajstić information content (AvgIpc) is 2.73. The van der Waals surface area contributed by atoms with Crippen molar-refractivity contribution in [3.05, 3.63) is 30.1 Å². The number of piperidine rings is 2. The molecule has 3 rings (SSSR count). The Balaban J connectivity index is 1.48. The van der Waals surface area contributed by atoms with Crippen LogP contribution in [0.4, 0.5) is 0 Å². The van der Waals surface area contributed by atoms with Gasteiger partial charge in [0.2, 0.25) is 5.91 Å². The molecule has 1 atom stereocenters. The van der Waals surface area contributed by atoms with E-state index in [-0.39, 0.29) is 17.9 Å². The monoisotopic (exact) mass is 400 g/mol.